The molecule has 0 atom stereocenters. The third-order valence-electron chi connectivity index (χ3n) is 4.37. The van der Waals surface area contributed by atoms with Crippen molar-refractivity contribution in [3.8, 4) is 17.7 Å². The first-order valence-electron chi connectivity index (χ1n) is 9.72. The number of nitriles is 1. The molecule has 0 aliphatic heterocycles. The second-order valence-corrected chi connectivity index (χ2v) is 7.15. The summed E-state index contributed by atoms with van der Waals surface area (Å²) in [5.41, 5.74) is 1.90. The minimum Gasteiger partial charge on any atom is -0.438 e. The molecule has 1 amide bonds. The highest BCUT2D eigenvalue weighted by Gasteiger charge is 2.12. The van der Waals surface area contributed by atoms with Gasteiger partial charge in [0.1, 0.15) is 17.4 Å². The van der Waals surface area contributed by atoms with Crippen LogP contribution in [0.1, 0.15) is 55.4 Å². The molecule has 0 fully saturated rings. The number of carbonyl (C=O) groups is 1. The van der Waals surface area contributed by atoms with E-state index in [1.807, 2.05) is 26.8 Å². The van der Waals surface area contributed by atoms with Crippen molar-refractivity contribution >= 4 is 11.6 Å². The SMILES string of the molecule is Cc1cc(Oc2ncccc2C#N)ccc1NC(=O)CCCc1nc(C(C)C)no1. The Hall–Kier alpha value is -3.73. The normalized spacial score (nSPS) is 10.6. The quantitative estimate of drug-likeness (QED) is 0.586. The zero-order chi connectivity index (χ0) is 21.5. The number of aryl methyl sites for hydroxylation is 2. The average Bonchev–Trinajstić information content (AvgIpc) is 3.20. The lowest BCUT2D eigenvalue weighted by molar-refractivity contribution is -0.116. The molecule has 0 unspecified atom stereocenters. The number of anilines is 1. The Bertz CT molecular complexity index is 1070. The van der Waals surface area contributed by atoms with Crippen LogP contribution < -0.4 is 10.1 Å². The Kier molecular flexibility index (Phi) is 6.75. The molecule has 0 saturated carbocycles. The highest BCUT2D eigenvalue weighted by atomic mass is 16.5. The summed E-state index contributed by atoms with van der Waals surface area (Å²) in [5.74, 6) is 2.14. The minimum absolute atomic E-state index is 0.0909. The van der Waals surface area contributed by atoms with Crippen LogP contribution in [0.5, 0.6) is 11.6 Å². The van der Waals surface area contributed by atoms with Crippen molar-refractivity contribution in [2.45, 2.75) is 46.0 Å². The van der Waals surface area contributed by atoms with Gasteiger partial charge in [-0.15, -0.1) is 0 Å². The Balaban J connectivity index is 1.53. The van der Waals surface area contributed by atoms with Crippen molar-refractivity contribution in [1.29, 1.82) is 5.26 Å². The molecule has 0 aliphatic rings. The molecule has 8 nitrogen and oxygen atoms in total. The Labute approximate surface area is 174 Å². The van der Waals surface area contributed by atoms with E-state index in [1.165, 1.54) is 0 Å². The van der Waals surface area contributed by atoms with Gasteiger partial charge in [-0.2, -0.15) is 10.2 Å². The summed E-state index contributed by atoms with van der Waals surface area (Å²) in [5, 5.41) is 16.0. The molecule has 0 aliphatic carbocycles. The van der Waals surface area contributed by atoms with Crippen LogP contribution in [0.4, 0.5) is 5.69 Å². The summed E-state index contributed by atoms with van der Waals surface area (Å²) in [7, 11) is 0. The third kappa shape index (κ3) is 5.41. The zero-order valence-electron chi connectivity index (χ0n) is 17.2. The first-order chi connectivity index (χ1) is 14.5. The molecular formula is C22H23N5O3. The van der Waals surface area contributed by atoms with E-state index in [4.69, 9.17) is 14.5 Å². The summed E-state index contributed by atoms with van der Waals surface area (Å²) < 4.78 is 10.9. The van der Waals surface area contributed by atoms with Gasteiger partial charge in [0.2, 0.25) is 17.7 Å². The standard InChI is InChI=1S/C22H23N5O3/c1-14(2)21-26-20(30-27-21)8-4-7-19(28)25-18-10-9-17(12-15(18)3)29-22-16(13-23)6-5-11-24-22/h5-6,9-12,14H,4,7-8H2,1-3H3,(H,25,28). The maximum Gasteiger partial charge on any atom is 0.237 e. The molecule has 0 spiro atoms. The van der Waals surface area contributed by atoms with Crippen LogP contribution in [-0.4, -0.2) is 21.0 Å². The van der Waals surface area contributed by atoms with Crippen molar-refractivity contribution in [2.75, 3.05) is 5.32 Å². The molecule has 8 heteroatoms. The average molecular weight is 405 g/mol. The molecule has 2 aromatic heterocycles. The van der Waals surface area contributed by atoms with Gasteiger partial charge < -0.3 is 14.6 Å². The van der Waals surface area contributed by atoms with Gasteiger partial charge in [-0.3, -0.25) is 4.79 Å². The van der Waals surface area contributed by atoms with Gasteiger partial charge in [0.05, 0.1) is 0 Å². The lowest BCUT2D eigenvalue weighted by atomic mass is 10.1. The molecule has 1 N–H and O–H groups in total. The van der Waals surface area contributed by atoms with E-state index in [-0.39, 0.29) is 17.7 Å². The van der Waals surface area contributed by atoms with Gasteiger partial charge in [-0.25, -0.2) is 4.98 Å². The fourth-order valence-corrected chi connectivity index (χ4v) is 2.73. The zero-order valence-corrected chi connectivity index (χ0v) is 17.2. The van der Waals surface area contributed by atoms with Gasteiger partial charge in [0.25, 0.3) is 0 Å². The summed E-state index contributed by atoms with van der Waals surface area (Å²) in [6.45, 7) is 5.87. The monoisotopic (exact) mass is 405 g/mol. The summed E-state index contributed by atoms with van der Waals surface area (Å²) in [4.78, 5) is 20.7. The predicted molar refractivity (Wildman–Crippen MR) is 110 cm³/mol. The van der Waals surface area contributed by atoms with Crippen LogP contribution in [0.2, 0.25) is 0 Å². The van der Waals surface area contributed by atoms with E-state index in [1.54, 1.807) is 36.5 Å². The first-order valence-corrected chi connectivity index (χ1v) is 9.72. The number of rotatable bonds is 8. The van der Waals surface area contributed by atoms with E-state index >= 15 is 0 Å². The fraction of sp³-hybridized carbons (Fsp3) is 0.318. The lowest BCUT2D eigenvalue weighted by Gasteiger charge is -2.11. The summed E-state index contributed by atoms with van der Waals surface area (Å²) in [6, 6.07) is 10.6. The Morgan fingerprint density at radius 3 is 2.87 bits per heavy atom. The molecule has 2 heterocycles. The number of pyridine rings is 1. The van der Waals surface area contributed by atoms with Crippen LogP contribution in [0.3, 0.4) is 0 Å². The highest BCUT2D eigenvalue weighted by Crippen LogP contribution is 2.26. The number of benzene rings is 1. The van der Waals surface area contributed by atoms with Crippen molar-refractivity contribution in [1.82, 2.24) is 15.1 Å². The van der Waals surface area contributed by atoms with Gasteiger partial charge in [0.15, 0.2) is 5.82 Å². The molecule has 0 radical (unpaired) electrons. The molecular weight excluding hydrogens is 382 g/mol. The Morgan fingerprint density at radius 1 is 1.33 bits per heavy atom. The Morgan fingerprint density at radius 2 is 2.17 bits per heavy atom. The number of hydrogen-bond acceptors (Lipinski definition) is 7. The number of carbonyl (C=O) groups excluding carboxylic acids is 1. The number of hydrogen-bond donors (Lipinski definition) is 1. The highest BCUT2D eigenvalue weighted by molar-refractivity contribution is 5.91. The number of amides is 1. The van der Waals surface area contributed by atoms with E-state index < -0.39 is 0 Å². The molecule has 3 aromatic rings. The second-order valence-electron chi connectivity index (χ2n) is 7.15. The second kappa shape index (κ2) is 9.65. The largest absolute Gasteiger partial charge is 0.438 e. The molecule has 3 rings (SSSR count). The van der Waals surface area contributed by atoms with E-state index in [9.17, 15) is 4.79 Å². The van der Waals surface area contributed by atoms with Crippen LogP contribution in [0.25, 0.3) is 0 Å². The maximum absolute atomic E-state index is 12.3. The van der Waals surface area contributed by atoms with E-state index in [2.05, 4.69) is 20.4 Å². The van der Waals surface area contributed by atoms with Crippen molar-refractivity contribution in [2.24, 2.45) is 0 Å². The number of aromatic nitrogens is 3. The maximum atomic E-state index is 12.3. The van der Waals surface area contributed by atoms with E-state index in [0.29, 0.717) is 48.0 Å². The van der Waals surface area contributed by atoms with Crippen molar-refractivity contribution in [3.63, 3.8) is 0 Å². The fourth-order valence-electron chi connectivity index (χ4n) is 2.73. The molecule has 0 saturated heterocycles. The van der Waals surface area contributed by atoms with Gasteiger partial charge >= 0.3 is 0 Å². The predicted octanol–water partition coefficient (Wildman–Crippen LogP) is 4.52. The van der Waals surface area contributed by atoms with Crippen LogP contribution in [-0.2, 0) is 11.2 Å². The molecule has 0 bridgehead atoms. The summed E-state index contributed by atoms with van der Waals surface area (Å²) >= 11 is 0. The van der Waals surface area contributed by atoms with Crippen LogP contribution in [0.15, 0.2) is 41.1 Å². The first kappa shape index (κ1) is 21.0. The van der Waals surface area contributed by atoms with E-state index in [0.717, 1.165) is 5.56 Å². The number of ether oxygens (including phenoxy) is 1. The van der Waals surface area contributed by atoms with Gasteiger partial charge in [-0.1, -0.05) is 19.0 Å². The molecule has 1 aromatic carbocycles. The number of nitrogens with zero attached hydrogens (tertiary/aromatic N) is 4. The lowest BCUT2D eigenvalue weighted by Crippen LogP contribution is -2.12. The topological polar surface area (TPSA) is 114 Å². The molecule has 30 heavy (non-hydrogen) atoms. The smallest absolute Gasteiger partial charge is 0.237 e. The molecule has 154 valence electrons. The number of nitrogens with one attached hydrogen (secondary N) is 1. The van der Waals surface area contributed by atoms with Crippen molar-refractivity contribution < 1.29 is 14.1 Å². The summed E-state index contributed by atoms with van der Waals surface area (Å²) in [6.07, 6.45) is 3.08. The van der Waals surface area contributed by atoms with Crippen LogP contribution in [0, 0.1) is 18.3 Å². The van der Waals surface area contributed by atoms with Gasteiger partial charge in [-0.05, 0) is 49.2 Å². The van der Waals surface area contributed by atoms with Crippen molar-refractivity contribution in [3.05, 3.63) is 59.4 Å². The van der Waals surface area contributed by atoms with Crippen LogP contribution >= 0.6 is 0 Å². The van der Waals surface area contributed by atoms with Gasteiger partial charge in [0, 0.05) is 30.6 Å². The minimum atomic E-state index is -0.0909. The third-order valence-corrected chi connectivity index (χ3v) is 4.37.